The maximum atomic E-state index is 3.76. The lowest BCUT2D eigenvalue weighted by Crippen LogP contribution is -2.59. The molecule has 0 heterocycles. The van der Waals surface area contributed by atoms with Crippen LogP contribution in [0.1, 0.15) is 59.3 Å². The molecule has 0 amide bonds. The van der Waals surface area contributed by atoms with Crippen molar-refractivity contribution < 1.29 is 0 Å². The molecule has 1 N–H and O–H groups in total. The zero-order valence-corrected chi connectivity index (χ0v) is 12.6. The van der Waals surface area contributed by atoms with Crippen LogP contribution in [-0.2, 0) is 0 Å². The van der Waals surface area contributed by atoms with Crippen molar-refractivity contribution in [2.75, 3.05) is 20.6 Å². The second-order valence-electron chi connectivity index (χ2n) is 5.85. The number of likely N-dealkylation sites (N-methyl/N-ethyl adjacent to an activating group) is 2. The summed E-state index contributed by atoms with van der Waals surface area (Å²) in [5.41, 5.74) is 0.339. The Bertz CT molecular complexity index is 205. The van der Waals surface area contributed by atoms with Gasteiger partial charge in [0, 0.05) is 11.6 Å². The van der Waals surface area contributed by atoms with E-state index in [1.165, 1.54) is 38.5 Å². The largest absolute Gasteiger partial charge is 0.312 e. The molecule has 17 heavy (non-hydrogen) atoms. The van der Waals surface area contributed by atoms with E-state index in [1.807, 2.05) is 0 Å². The zero-order chi connectivity index (χ0) is 12.9. The van der Waals surface area contributed by atoms with Crippen LogP contribution in [0.4, 0.5) is 0 Å². The Morgan fingerprint density at radius 3 is 2.06 bits per heavy atom. The summed E-state index contributed by atoms with van der Waals surface area (Å²) in [6.07, 6.45) is 8.21. The minimum Gasteiger partial charge on any atom is -0.312 e. The van der Waals surface area contributed by atoms with E-state index >= 15 is 0 Å². The molecule has 1 fully saturated rings. The molecule has 0 aromatic heterocycles. The summed E-state index contributed by atoms with van der Waals surface area (Å²) in [4.78, 5) is 2.46. The molecule has 0 bridgehead atoms. The van der Waals surface area contributed by atoms with E-state index in [1.54, 1.807) is 0 Å². The van der Waals surface area contributed by atoms with Crippen LogP contribution in [0.5, 0.6) is 0 Å². The van der Waals surface area contributed by atoms with Crippen LogP contribution in [0.25, 0.3) is 0 Å². The Morgan fingerprint density at radius 2 is 1.76 bits per heavy atom. The molecule has 0 aromatic carbocycles. The number of hydrogen-bond donors (Lipinski definition) is 1. The van der Waals surface area contributed by atoms with Crippen LogP contribution in [-0.4, -0.2) is 37.1 Å². The summed E-state index contributed by atoms with van der Waals surface area (Å²) in [5, 5.41) is 3.76. The molecule has 1 atom stereocenters. The van der Waals surface area contributed by atoms with Crippen molar-refractivity contribution in [2.24, 2.45) is 5.92 Å². The predicted molar refractivity (Wildman–Crippen MR) is 76.4 cm³/mol. The van der Waals surface area contributed by atoms with Gasteiger partial charge >= 0.3 is 0 Å². The van der Waals surface area contributed by atoms with E-state index < -0.39 is 0 Å². The number of nitrogens with one attached hydrogen (secondary N) is 1. The molecule has 1 aliphatic rings. The third kappa shape index (κ3) is 3.23. The molecule has 0 radical (unpaired) electrons. The zero-order valence-electron chi connectivity index (χ0n) is 12.6. The Balaban J connectivity index is 2.74. The Morgan fingerprint density at radius 1 is 1.18 bits per heavy atom. The normalized spacial score (nSPS) is 19.4. The highest BCUT2D eigenvalue weighted by Gasteiger charge is 2.39. The maximum absolute atomic E-state index is 3.76. The highest BCUT2D eigenvalue weighted by molar-refractivity contribution is 4.98. The van der Waals surface area contributed by atoms with Crippen molar-refractivity contribution >= 4 is 0 Å². The summed E-state index contributed by atoms with van der Waals surface area (Å²) >= 11 is 0. The molecular formula is C15H32N2. The number of hydrogen-bond acceptors (Lipinski definition) is 2. The van der Waals surface area contributed by atoms with Crippen LogP contribution in [0.2, 0.25) is 0 Å². The fourth-order valence-corrected chi connectivity index (χ4v) is 3.49. The van der Waals surface area contributed by atoms with Gasteiger partial charge in [-0.15, -0.1) is 0 Å². The minimum atomic E-state index is 0.339. The summed E-state index contributed by atoms with van der Waals surface area (Å²) in [6.45, 7) is 8.01. The lowest BCUT2D eigenvalue weighted by Gasteiger charge is -2.47. The first-order valence-electron chi connectivity index (χ1n) is 7.51. The summed E-state index contributed by atoms with van der Waals surface area (Å²) in [6, 6.07) is 0.655. The highest BCUT2D eigenvalue weighted by Crippen LogP contribution is 2.36. The topological polar surface area (TPSA) is 15.3 Å². The summed E-state index contributed by atoms with van der Waals surface area (Å²) in [7, 11) is 4.50. The highest BCUT2D eigenvalue weighted by atomic mass is 15.2. The predicted octanol–water partition coefficient (Wildman–Crippen LogP) is 3.28. The van der Waals surface area contributed by atoms with Crippen LogP contribution in [0.15, 0.2) is 0 Å². The molecule has 2 nitrogen and oxygen atoms in total. The van der Waals surface area contributed by atoms with Gasteiger partial charge in [0.25, 0.3) is 0 Å². The van der Waals surface area contributed by atoms with E-state index in [0.717, 1.165) is 12.5 Å². The van der Waals surface area contributed by atoms with Gasteiger partial charge in [0.1, 0.15) is 0 Å². The van der Waals surface area contributed by atoms with E-state index in [2.05, 4.69) is 45.1 Å². The van der Waals surface area contributed by atoms with Gasteiger partial charge in [-0.25, -0.2) is 0 Å². The van der Waals surface area contributed by atoms with E-state index in [0.29, 0.717) is 11.6 Å². The molecule has 1 unspecified atom stereocenters. The standard InChI is InChI=1S/C15H32N2/c1-6-15(7-2,17(4)5)14(16-8-3)12-13-10-9-11-13/h13-14,16H,6-12H2,1-5H3. The molecule has 0 aromatic rings. The second kappa shape index (κ2) is 6.75. The van der Waals surface area contributed by atoms with E-state index in [9.17, 15) is 0 Å². The van der Waals surface area contributed by atoms with Gasteiger partial charge in [-0.1, -0.05) is 40.0 Å². The van der Waals surface area contributed by atoms with Gasteiger partial charge in [-0.05, 0) is 45.8 Å². The van der Waals surface area contributed by atoms with Crippen LogP contribution in [0, 0.1) is 5.92 Å². The van der Waals surface area contributed by atoms with Gasteiger partial charge in [-0.2, -0.15) is 0 Å². The van der Waals surface area contributed by atoms with Crippen molar-refractivity contribution in [1.82, 2.24) is 10.2 Å². The SMILES string of the molecule is CCNC(CC1CCC1)C(CC)(CC)N(C)C. The first kappa shape index (κ1) is 15.0. The average Bonchev–Trinajstić information content (AvgIpc) is 2.25. The molecule has 1 saturated carbocycles. The van der Waals surface area contributed by atoms with Gasteiger partial charge in [0.2, 0.25) is 0 Å². The van der Waals surface area contributed by atoms with Crippen molar-refractivity contribution in [2.45, 2.75) is 70.9 Å². The number of nitrogens with zero attached hydrogens (tertiary/aromatic N) is 1. The fourth-order valence-electron chi connectivity index (χ4n) is 3.49. The molecule has 0 saturated heterocycles. The molecule has 2 heteroatoms. The molecule has 0 spiro atoms. The van der Waals surface area contributed by atoms with Crippen molar-refractivity contribution in [3.63, 3.8) is 0 Å². The Kier molecular flexibility index (Phi) is 5.94. The van der Waals surface area contributed by atoms with Gasteiger partial charge in [-0.3, -0.25) is 0 Å². The van der Waals surface area contributed by atoms with Crippen LogP contribution < -0.4 is 5.32 Å². The summed E-state index contributed by atoms with van der Waals surface area (Å²) in [5.74, 6) is 0.983. The maximum Gasteiger partial charge on any atom is 0.0351 e. The molecular weight excluding hydrogens is 208 g/mol. The molecule has 1 aliphatic carbocycles. The van der Waals surface area contributed by atoms with E-state index in [-0.39, 0.29) is 0 Å². The van der Waals surface area contributed by atoms with Gasteiger partial charge in [0.05, 0.1) is 0 Å². The fraction of sp³-hybridized carbons (Fsp3) is 1.00. The third-order valence-electron chi connectivity index (χ3n) is 5.01. The Labute approximate surface area is 108 Å². The van der Waals surface area contributed by atoms with Crippen molar-refractivity contribution in [3.05, 3.63) is 0 Å². The smallest absolute Gasteiger partial charge is 0.0351 e. The number of rotatable bonds is 8. The lowest BCUT2D eigenvalue weighted by atomic mass is 9.73. The Hall–Kier alpha value is -0.0800. The minimum absolute atomic E-state index is 0.339. The van der Waals surface area contributed by atoms with Gasteiger partial charge < -0.3 is 10.2 Å². The van der Waals surface area contributed by atoms with Crippen LogP contribution in [0.3, 0.4) is 0 Å². The van der Waals surface area contributed by atoms with Gasteiger partial charge in [0.15, 0.2) is 0 Å². The average molecular weight is 240 g/mol. The van der Waals surface area contributed by atoms with Crippen molar-refractivity contribution in [1.29, 1.82) is 0 Å². The van der Waals surface area contributed by atoms with Crippen molar-refractivity contribution in [3.8, 4) is 0 Å². The molecule has 0 aliphatic heterocycles. The lowest BCUT2D eigenvalue weighted by molar-refractivity contribution is 0.0679. The van der Waals surface area contributed by atoms with E-state index in [4.69, 9.17) is 0 Å². The third-order valence-corrected chi connectivity index (χ3v) is 5.01. The molecule has 102 valence electrons. The quantitative estimate of drug-likeness (QED) is 0.700. The van der Waals surface area contributed by atoms with Crippen LogP contribution >= 0.6 is 0 Å². The first-order chi connectivity index (χ1) is 8.10. The second-order valence-corrected chi connectivity index (χ2v) is 5.85. The summed E-state index contributed by atoms with van der Waals surface area (Å²) < 4.78 is 0. The monoisotopic (exact) mass is 240 g/mol. The molecule has 1 rings (SSSR count). The first-order valence-corrected chi connectivity index (χ1v) is 7.51.